The minimum Gasteiger partial charge on any atom is -0.376 e. The van der Waals surface area contributed by atoms with Crippen LogP contribution in [-0.2, 0) is 11.3 Å². The zero-order valence-corrected chi connectivity index (χ0v) is 16.7. The largest absolute Gasteiger partial charge is 0.376 e. The Bertz CT molecular complexity index is 461. The van der Waals surface area contributed by atoms with Crippen LogP contribution in [0.15, 0.2) is 34.2 Å². The first-order valence-electron chi connectivity index (χ1n) is 7.39. The van der Waals surface area contributed by atoms with E-state index in [1.807, 2.05) is 7.05 Å². The molecular formula is C16H26IN3OS. The van der Waals surface area contributed by atoms with E-state index in [9.17, 15) is 0 Å². The van der Waals surface area contributed by atoms with Gasteiger partial charge in [0.1, 0.15) is 0 Å². The summed E-state index contributed by atoms with van der Waals surface area (Å²) in [6.07, 6.45) is 4.74. The maximum atomic E-state index is 5.63. The summed E-state index contributed by atoms with van der Waals surface area (Å²) in [7, 11) is 3.89. The number of benzene rings is 1. The van der Waals surface area contributed by atoms with Gasteiger partial charge in [-0.3, -0.25) is 4.99 Å². The summed E-state index contributed by atoms with van der Waals surface area (Å²) in [6.45, 7) is 2.57. The van der Waals surface area contributed by atoms with Gasteiger partial charge >= 0.3 is 0 Å². The molecule has 0 aliphatic carbocycles. The van der Waals surface area contributed by atoms with Crippen LogP contribution < -0.4 is 5.32 Å². The van der Waals surface area contributed by atoms with Gasteiger partial charge in [-0.15, -0.1) is 35.7 Å². The van der Waals surface area contributed by atoms with Gasteiger partial charge in [-0.2, -0.15) is 0 Å². The quantitative estimate of drug-likeness (QED) is 0.334. The lowest BCUT2D eigenvalue weighted by Crippen LogP contribution is -2.41. The number of nitrogens with zero attached hydrogens (tertiary/aromatic N) is 2. The fourth-order valence-corrected chi connectivity index (χ4v) is 2.88. The van der Waals surface area contributed by atoms with Crippen molar-refractivity contribution in [3.05, 3.63) is 29.8 Å². The summed E-state index contributed by atoms with van der Waals surface area (Å²) < 4.78 is 5.63. The van der Waals surface area contributed by atoms with E-state index >= 15 is 0 Å². The fraction of sp³-hybridized carbons (Fsp3) is 0.562. The topological polar surface area (TPSA) is 36.9 Å². The highest BCUT2D eigenvalue weighted by Crippen LogP contribution is 2.15. The van der Waals surface area contributed by atoms with Gasteiger partial charge in [0.2, 0.25) is 0 Å². The SMILES string of the molecule is CN=C(NCC1CCCO1)N(C)Cc1ccc(SC)cc1.I. The second kappa shape index (κ2) is 10.3. The van der Waals surface area contributed by atoms with Crippen molar-refractivity contribution < 1.29 is 4.74 Å². The molecule has 0 radical (unpaired) electrons. The molecule has 0 aromatic heterocycles. The molecule has 1 atom stereocenters. The molecule has 1 saturated heterocycles. The molecular weight excluding hydrogens is 409 g/mol. The lowest BCUT2D eigenvalue weighted by Gasteiger charge is -2.23. The third-order valence-electron chi connectivity index (χ3n) is 3.66. The van der Waals surface area contributed by atoms with E-state index in [1.54, 1.807) is 11.8 Å². The molecule has 1 aliphatic heterocycles. The third-order valence-corrected chi connectivity index (χ3v) is 4.41. The van der Waals surface area contributed by atoms with Crippen LogP contribution in [-0.4, -0.2) is 50.5 Å². The average molecular weight is 435 g/mol. The highest BCUT2D eigenvalue weighted by Gasteiger charge is 2.16. The number of ether oxygens (including phenoxy) is 1. The van der Waals surface area contributed by atoms with Gasteiger partial charge in [-0.1, -0.05) is 12.1 Å². The van der Waals surface area contributed by atoms with Gasteiger partial charge in [-0.05, 0) is 36.8 Å². The molecule has 1 aliphatic rings. The van der Waals surface area contributed by atoms with E-state index in [0.717, 1.165) is 32.1 Å². The number of hydrogen-bond acceptors (Lipinski definition) is 3. The lowest BCUT2D eigenvalue weighted by molar-refractivity contribution is 0.113. The molecule has 0 saturated carbocycles. The van der Waals surface area contributed by atoms with Crippen molar-refractivity contribution in [3.8, 4) is 0 Å². The van der Waals surface area contributed by atoms with E-state index in [0.29, 0.717) is 6.10 Å². The maximum absolute atomic E-state index is 5.63. The Kier molecular flexibility index (Phi) is 9.19. The Labute approximate surface area is 155 Å². The van der Waals surface area contributed by atoms with E-state index < -0.39 is 0 Å². The molecule has 1 heterocycles. The molecule has 1 aromatic carbocycles. The third kappa shape index (κ3) is 5.96. The van der Waals surface area contributed by atoms with Gasteiger partial charge in [0.05, 0.1) is 6.10 Å². The van der Waals surface area contributed by atoms with Crippen LogP contribution in [0.4, 0.5) is 0 Å². The molecule has 2 rings (SSSR count). The first-order chi connectivity index (χ1) is 10.2. The Hall–Kier alpha value is -0.470. The van der Waals surface area contributed by atoms with Crippen molar-refractivity contribution in [1.29, 1.82) is 0 Å². The zero-order chi connectivity index (χ0) is 15.1. The summed E-state index contributed by atoms with van der Waals surface area (Å²) in [5, 5.41) is 3.40. The van der Waals surface area contributed by atoms with Gasteiger partial charge in [0.15, 0.2) is 5.96 Å². The zero-order valence-electron chi connectivity index (χ0n) is 13.5. The van der Waals surface area contributed by atoms with E-state index in [2.05, 4.69) is 52.8 Å². The molecule has 0 bridgehead atoms. The number of rotatable bonds is 5. The predicted octanol–water partition coefficient (Wildman–Crippen LogP) is 3.21. The summed E-state index contributed by atoms with van der Waals surface area (Å²) in [5.41, 5.74) is 1.29. The number of guanidine groups is 1. The molecule has 22 heavy (non-hydrogen) atoms. The van der Waals surface area contributed by atoms with E-state index in [1.165, 1.54) is 16.9 Å². The smallest absolute Gasteiger partial charge is 0.193 e. The first kappa shape index (κ1) is 19.6. The molecule has 124 valence electrons. The van der Waals surface area contributed by atoms with Crippen LogP contribution in [0.5, 0.6) is 0 Å². The van der Waals surface area contributed by atoms with Crippen LogP contribution in [0.3, 0.4) is 0 Å². The number of aliphatic imine (C=N–C) groups is 1. The minimum absolute atomic E-state index is 0. The van der Waals surface area contributed by atoms with Crippen LogP contribution in [0.1, 0.15) is 18.4 Å². The first-order valence-corrected chi connectivity index (χ1v) is 8.61. The molecule has 1 fully saturated rings. The molecule has 1 unspecified atom stereocenters. The van der Waals surface area contributed by atoms with Crippen LogP contribution in [0.25, 0.3) is 0 Å². The number of hydrogen-bond donors (Lipinski definition) is 1. The van der Waals surface area contributed by atoms with Crippen molar-refractivity contribution in [3.63, 3.8) is 0 Å². The Morgan fingerprint density at radius 2 is 2.14 bits per heavy atom. The summed E-state index contributed by atoms with van der Waals surface area (Å²) >= 11 is 1.77. The Morgan fingerprint density at radius 1 is 1.41 bits per heavy atom. The Morgan fingerprint density at radius 3 is 2.68 bits per heavy atom. The van der Waals surface area contributed by atoms with Crippen LogP contribution in [0, 0.1) is 0 Å². The minimum atomic E-state index is 0. The highest BCUT2D eigenvalue weighted by atomic mass is 127. The van der Waals surface area contributed by atoms with Gasteiger partial charge < -0.3 is 15.0 Å². The molecule has 6 heteroatoms. The number of halogens is 1. The van der Waals surface area contributed by atoms with Crippen molar-refractivity contribution in [2.75, 3.05) is 33.5 Å². The van der Waals surface area contributed by atoms with E-state index in [-0.39, 0.29) is 24.0 Å². The second-order valence-electron chi connectivity index (χ2n) is 5.27. The summed E-state index contributed by atoms with van der Waals surface area (Å²) in [6, 6.07) is 8.68. The molecule has 1 aromatic rings. The lowest BCUT2D eigenvalue weighted by atomic mass is 10.2. The van der Waals surface area contributed by atoms with Gasteiger partial charge in [0.25, 0.3) is 0 Å². The molecule has 4 nitrogen and oxygen atoms in total. The maximum Gasteiger partial charge on any atom is 0.193 e. The van der Waals surface area contributed by atoms with Gasteiger partial charge in [0, 0.05) is 38.7 Å². The summed E-state index contributed by atoms with van der Waals surface area (Å²) in [4.78, 5) is 7.79. The predicted molar refractivity (Wildman–Crippen MR) is 105 cm³/mol. The number of nitrogens with one attached hydrogen (secondary N) is 1. The van der Waals surface area contributed by atoms with Crippen LogP contribution >= 0.6 is 35.7 Å². The van der Waals surface area contributed by atoms with Crippen LogP contribution in [0.2, 0.25) is 0 Å². The standard InChI is InChI=1S/C16H25N3OS.HI/c1-17-16(18-11-14-5-4-10-20-14)19(2)12-13-6-8-15(21-3)9-7-13;/h6-9,14H,4-5,10-12H2,1-3H3,(H,17,18);1H. The van der Waals surface area contributed by atoms with E-state index in [4.69, 9.17) is 4.74 Å². The normalized spacial score (nSPS) is 18.0. The Balaban J connectivity index is 0.00000242. The molecule has 0 spiro atoms. The highest BCUT2D eigenvalue weighted by molar-refractivity contribution is 14.0. The van der Waals surface area contributed by atoms with Crippen molar-refractivity contribution >= 4 is 41.7 Å². The number of thioether (sulfide) groups is 1. The molecule has 1 N–H and O–H groups in total. The van der Waals surface area contributed by atoms with Crippen molar-refractivity contribution in [1.82, 2.24) is 10.2 Å². The fourth-order valence-electron chi connectivity index (χ4n) is 2.47. The molecule has 0 amide bonds. The average Bonchev–Trinajstić information content (AvgIpc) is 3.02. The van der Waals surface area contributed by atoms with Crippen molar-refractivity contribution in [2.45, 2.75) is 30.4 Å². The second-order valence-corrected chi connectivity index (χ2v) is 6.15. The van der Waals surface area contributed by atoms with Gasteiger partial charge in [-0.25, -0.2) is 0 Å². The summed E-state index contributed by atoms with van der Waals surface area (Å²) in [5.74, 6) is 0.916. The monoisotopic (exact) mass is 435 g/mol. The van der Waals surface area contributed by atoms with Crippen molar-refractivity contribution in [2.24, 2.45) is 4.99 Å².